The molecule has 20 heavy (non-hydrogen) atoms. The van der Waals surface area contributed by atoms with E-state index in [0.29, 0.717) is 12.5 Å². The van der Waals surface area contributed by atoms with E-state index in [1.165, 1.54) is 6.42 Å². The molecule has 1 fully saturated rings. The molecular formula is C16H25N3O. The van der Waals surface area contributed by atoms with Gasteiger partial charge in [-0.15, -0.1) is 0 Å². The first-order valence-electron chi connectivity index (χ1n) is 7.37. The monoisotopic (exact) mass is 275 g/mol. The molecule has 0 radical (unpaired) electrons. The summed E-state index contributed by atoms with van der Waals surface area (Å²) in [7, 11) is 4.06. The number of benzene rings is 1. The van der Waals surface area contributed by atoms with Crippen molar-refractivity contribution in [2.75, 3.05) is 27.2 Å². The largest absolute Gasteiger partial charge is 0.348 e. The van der Waals surface area contributed by atoms with Crippen molar-refractivity contribution in [2.45, 2.75) is 31.3 Å². The molecule has 1 heterocycles. The third kappa shape index (κ3) is 4.62. The molecule has 110 valence electrons. The number of nitrogens with zero attached hydrogens (tertiary/aromatic N) is 1. The minimum absolute atomic E-state index is 0.0557. The van der Waals surface area contributed by atoms with Crippen LogP contribution in [0.5, 0.6) is 0 Å². The van der Waals surface area contributed by atoms with Crippen molar-refractivity contribution in [3.63, 3.8) is 0 Å². The Hall–Kier alpha value is -1.39. The van der Waals surface area contributed by atoms with Crippen LogP contribution in [-0.4, -0.2) is 44.0 Å². The van der Waals surface area contributed by atoms with E-state index in [1.807, 2.05) is 32.3 Å². The zero-order valence-corrected chi connectivity index (χ0v) is 12.4. The van der Waals surface area contributed by atoms with Gasteiger partial charge in [0.05, 0.1) is 6.04 Å². The number of amides is 1. The molecule has 4 nitrogen and oxygen atoms in total. The summed E-state index contributed by atoms with van der Waals surface area (Å²) >= 11 is 0. The maximum Gasteiger partial charge on any atom is 0.222 e. The Bertz CT molecular complexity index is 413. The molecule has 2 rings (SSSR count). The van der Waals surface area contributed by atoms with Crippen LogP contribution in [0.4, 0.5) is 0 Å². The maximum atomic E-state index is 12.2. The van der Waals surface area contributed by atoms with Crippen LogP contribution in [-0.2, 0) is 4.79 Å². The Balaban J connectivity index is 1.94. The fourth-order valence-electron chi connectivity index (χ4n) is 2.69. The molecule has 0 bridgehead atoms. The fourth-order valence-corrected chi connectivity index (χ4v) is 2.69. The first kappa shape index (κ1) is 15.0. The van der Waals surface area contributed by atoms with Crippen molar-refractivity contribution in [1.82, 2.24) is 15.5 Å². The minimum Gasteiger partial charge on any atom is -0.348 e. The molecule has 1 aromatic carbocycles. The standard InChI is InChI=1S/C16H25N3O/c1-19(2)12-15(13-7-4-3-5-8-13)18-16(20)11-14-9-6-10-17-14/h3-5,7-8,14-15,17H,6,9-12H2,1-2H3,(H,18,20). The van der Waals surface area contributed by atoms with E-state index < -0.39 is 0 Å². The summed E-state index contributed by atoms with van der Waals surface area (Å²) in [5.41, 5.74) is 1.16. The van der Waals surface area contributed by atoms with Gasteiger partial charge >= 0.3 is 0 Å². The van der Waals surface area contributed by atoms with Gasteiger partial charge in [-0.3, -0.25) is 4.79 Å². The third-order valence-corrected chi connectivity index (χ3v) is 3.68. The Morgan fingerprint density at radius 2 is 2.15 bits per heavy atom. The van der Waals surface area contributed by atoms with Crippen molar-refractivity contribution in [3.05, 3.63) is 35.9 Å². The van der Waals surface area contributed by atoms with Gasteiger partial charge in [-0.2, -0.15) is 0 Å². The number of carbonyl (C=O) groups is 1. The second-order valence-electron chi connectivity index (χ2n) is 5.79. The second-order valence-corrected chi connectivity index (χ2v) is 5.79. The average molecular weight is 275 g/mol. The van der Waals surface area contributed by atoms with Gasteiger partial charge in [0.15, 0.2) is 0 Å². The van der Waals surface area contributed by atoms with Crippen LogP contribution in [0.15, 0.2) is 30.3 Å². The zero-order chi connectivity index (χ0) is 14.4. The lowest BCUT2D eigenvalue weighted by Crippen LogP contribution is -2.38. The van der Waals surface area contributed by atoms with Crippen LogP contribution in [0.2, 0.25) is 0 Å². The summed E-state index contributed by atoms with van der Waals surface area (Å²) < 4.78 is 0. The van der Waals surface area contributed by atoms with Crippen LogP contribution in [0.1, 0.15) is 30.9 Å². The number of nitrogens with one attached hydrogen (secondary N) is 2. The van der Waals surface area contributed by atoms with E-state index in [-0.39, 0.29) is 11.9 Å². The lowest BCUT2D eigenvalue weighted by atomic mass is 10.1. The molecule has 2 unspecified atom stereocenters. The van der Waals surface area contributed by atoms with E-state index >= 15 is 0 Å². The number of rotatable bonds is 6. The summed E-state index contributed by atoms with van der Waals surface area (Å²) in [4.78, 5) is 14.3. The van der Waals surface area contributed by atoms with Gasteiger partial charge in [0.25, 0.3) is 0 Å². The molecule has 0 saturated carbocycles. The number of hydrogen-bond acceptors (Lipinski definition) is 3. The first-order chi connectivity index (χ1) is 9.65. The average Bonchev–Trinajstić information content (AvgIpc) is 2.91. The van der Waals surface area contributed by atoms with Crippen LogP contribution < -0.4 is 10.6 Å². The van der Waals surface area contributed by atoms with Gasteiger partial charge in [0.2, 0.25) is 5.91 Å². The molecule has 0 aliphatic carbocycles. The molecule has 1 aromatic rings. The molecule has 0 aromatic heterocycles. The molecule has 0 spiro atoms. The summed E-state index contributed by atoms with van der Waals surface area (Å²) in [6, 6.07) is 10.6. The van der Waals surface area contributed by atoms with Crippen LogP contribution in [0.3, 0.4) is 0 Å². The van der Waals surface area contributed by atoms with Crippen molar-refractivity contribution in [2.24, 2.45) is 0 Å². The minimum atomic E-state index is 0.0557. The summed E-state index contributed by atoms with van der Waals surface area (Å²) in [5.74, 6) is 0.139. The van der Waals surface area contributed by atoms with Gasteiger partial charge in [-0.05, 0) is 39.0 Å². The molecule has 2 N–H and O–H groups in total. The smallest absolute Gasteiger partial charge is 0.222 e. The molecule has 1 aliphatic rings. The lowest BCUT2D eigenvalue weighted by molar-refractivity contribution is -0.122. The number of hydrogen-bond donors (Lipinski definition) is 2. The van der Waals surface area contributed by atoms with Gasteiger partial charge in [0.1, 0.15) is 0 Å². The molecule has 1 aliphatic heterocycles. The Morgan fingerprint density at radius 3 is 2.75 bits per heavy atom. The van der Waals surface area contributed by atoms with E-state index in [4.69, 9.17) is 0 Å². The molecular weight excluding hydrogens is 250 g/mol. The normalized spacial score (nSPS) is 20.1. The van der Waals surface area contributed by atoms with Gasteiger partial charge in [-0.1, -0.05) is 30.3 Å². The predicted octanol–water partition coefficient (Wildman–Crippen LogP) is 1.55. The van der Waals surface area contributed by atoms with Crippen molar-refractivity contribution in [1.29, 1.82) is 0 Å². The number of likely N-dealkylation sites (N-methyl/N-ethyl adjacent to an activating group) is 1. The van der Waals surface area contributed by atoms with Crippen molar-refractivity contribution in [3.8, 4) is 0 Å². The van der Waals surface area contributed by atoms with Gasteiger partial charge in [-0.25, -0.2) is 0 Å². The maximum absolute atomic E-state index is 12.2. The summed E-state index contributed by atoms with van der Waals surface area (Å²) in [6.45, 7) is 1.85. The molecule has 1 saturated heterocycles. The molecule has 2 atom stereocenters. The highest BCUT2D eigenvalue weighted by Crippen LogP contribution is 2.15. The van der Waals surface area contributed by atoms with Crippen molar-refractivity contribution >= 4 is 5.91 Å². The highest BCUT2D eigenvalue weighted by Gasteiger charge is 2.20. The topological polar surface area (TPSA) is 44.4 Å². The van der Waals surface area contributed by atoms with E-state index in [2.05, 4.69) is 27.7 Å². The second kappa shape index (κ2) is 7.41. The molecule has 4 heteroatoms. The quantitative estimate of drug-likeness (QED) is 0.828. The molecule has 1 amide bonds. The van der Waals surface area contributed by atoms with E-state index in [1.54, 1.807) is 0 Å². The van der Waals surface area contributed by atoms with Gasteiger partial charge in [0, 0.05) is 19.0 Å². The first-order valence-corrected chi connectivity index (χ1v) is 7.37. The number of carbonyl (C=O) groups excluding carboxylic acids is 1. The SMILES string of the molecule is CN(C)CC(NC(=O)CC1CCCN1)c1ccccc1. The summed E-state index contributed by atoms with van der Waals surface area (Å²) in [5, 5.41) is 6.54. The summed E-state index contributed by atoms with van der Waals surface area (Å²) in [6.07, 6.45) is 2.87. The Morgan fingerprint density at radius 1 is 1.40 bits per heavy atom. The highest BCUT2D eigenvalue weighted by atomic mass is 16.1. The van der Waals surface area contributed by atoms with E-state index in [9.17, 15) is 4.79 Å². The third-order valence-electron chi connectivity index (χ3n) is 3.68. The highest BCUT2D eigenvalue weighted by molar-refractivity contribution is 5.77. The lowest BCUT2D eigenvalue weighted by Gasteiger charge is -2.23. The Labute approximate surface area is 121 Å². The Kier molecular flexibility index (Phi) is 5.56. The van der Waals surface area contributed by atoms with Crippen molar-refractivity contribution < 1.29 is 4.79 Å². The van der Waals surface area contributed by atoms with E-state index in [0.717, 1.165) is 25.1 Å². The van der Waals surface area contributed by atoms with Gasteiger partial charge < -0.3 is 15.5 Å². The van der Waals surface area contributed by atoms with Crippen LogP contribution in [0.25, 0.3) is 0 Å². The van der Waals surface area contributed by atoms with Crippen LogP contribution >= 0.6 is 0 Å². The predicted molar refractivity (Wildman–Crippen MR) is 81.5 cm³/mol. The zero-order valence-electron chi connectivity index (χ0n) is 12.4. The van der Waals surface area contributed by atoms with Crippen LogP contribution in [0, 0.1) is 0 Å². The fraction of sp³-hybridized carbons (Fsp3) is 0.562.